The van der Waals surface area contributed by atoms with Gasteiger partial charge in [0, 0.05) is 25.0 Å². The van der Waals surface area contributed by atoms with Crippen LogP contribution in [0, 0.1) is 11.3 Å². The van der Waals surface area contributed by atoms with Gasteiger partial charge in [-0.15, -0.1) is 10.8 Å². The SMILES string of the molecule is N#CC[C@@]1(n2nc(Nc3ccc4c(c3)CN(CC(=O)O)S4(O)O)c3c(=O)[nH]ccc32)CCCOC1. The Morgan fingerprint density at radius 3 is 2.91 bits per heavy atom. The fourth-order valence-corrected chi connectivity index (χ4v) is 6.41. The number of benzene rings is 1. The number of fused-ring (bicyclic) bond motifs is 2. The van der Waals surface area contributed by atoms with Crippen LogP contribution in [0.5, 0.6) is 0 Å². The lowest BCUT2D eigenvalue weighted by atomic mass is 9.89. The number of carbonyl (C=O) groups is 1. The topological polar surface area (TPSA) is 177 Å². The summed E-state index contributed by atoms with van der Waals surface area (Å²) in [5.74, 6) is -0.873. The summed E-state index contributed by atoms with van der Waals surface area (Å²) in [5.41, 5.74) is 0.629. The standard InChI is InChI=1S/C22H24N6O6S/c23-7-6-22(5-1-9-34-13-22)28-16-4-8-24-21(31)19(16)20(26-28)25-15-2-3-17-14(10-15)11-27(12-18(29)30)35(17,32)33/h2-4,8,10,32-33H,1,5-6,9,11-13H2,(H,24,31)(H,25,26)(H,29,30)/t22-/m0/s1. The van der Waals surface area contributed by atoms with Crippen molar-refractivity contribution in [3.63, 3.8) is 0 Å². The molecule has 1 aromatic carbocycles. The number of hydrogen-bond donors (Lipinski definition) is 5. The molecule has 3 aromatic rings. The Bertz CT molecular complexity index is 1400. The molecule has 184 valence electrons. The van der Waals surface area contributed by atoms with E-state index in [0.29, 0.717) is 41.8 Å². The molecule has 2 aromatic heterocycles. The molecule has 2 aliphatic heterocycles. The molecular weight excluding hydrogens is 476 g/mol. The molecular formula is C22H24N6O6S. The number of aromatic amines is 1. The van der Waals surface area contributed by atoms with Gasteiger partial charge in [-0.2, -0.15) is 14.7 Å². The van der Waals surface area contributed by atoms with E-state index in [0.717, 1.165) is 10.7 Å². The second-order valence-corrected chi connectivity index (χ2v) is 10.7. The summed E-state index contributed by atoms with van der Waals surface area (Å²) in [5, 5.41) is 26.8. The average molecular weight is 501 g/mol. The monoisotopic (exact) mass is 500 g/mol. The smallest absolute Gasteiger partial charge is 0.319 e. The van der Waals surface area contributed by atoms with Crippen LogP contribution in [0.3, 0.4) is 0 Å². The molecule has 1 atom stereocenters. The molecule has 0 amide bonds. The van der Waals surface area contributed by atoms with E-state index in [4.69, 9.17) is 14.9 Å². The zero-order valence-electron chi connectivity index (χ0n) is 18.6. The zero-order valence-corrected chi connectivity index (χ0v) is 19.4. The minimum Gasteiger partial charge on any atom is -0.480 e. The lowest BCUT2D eigenvalue weighted by Crippen LogP contribution is -2.42. The molecule has 5 N–H and O–H groups in total. The quantitative estimate of drug-likeness (QED) is 0.338. The van der Waals surface area contributed by atoms with Crippen LogP contribution in [-0.2, 0) is 21.6 Å². The van der Waals surface area contributed by atoms with Crippen molar-refractivity contribution in [2.75, 3.05) is 25.1 Å². The van der Waals surface area contributed by atoms with Crippen LogP contribution in [0.2, 0.25) is 0 Å². The highest BCUT2D eigenvalue weighted by molar-refractivity contribution is 8.22. The highest BCUT2D eigenvalue weighted by Gasteiger charge is 2.39. The van der Waals surface area contributed by atoms with Gasteiger partial charge in [0.2, 0.25) is 0 Å². The number of aliphatic carboxylic acids is 1. The van der Waals surface area contributed by atoms with Crippen LogP contribution in [0.25, 0.3) is 10.9 Å². The second kappa shape index (κ2) is 8.67. The van der Waals surface area contributed by atoms with Crippen LogP contribution in [0.15, 0.2) is 40.2 Å². The summed E-state index contributed by atoms with van der Waals surface area (Å²) in [6, 6.07) is 8.80. The van der Waals surface area contributed by atoms with Crippen LogP contribution in [-0.4, -0.2) is 59.0 Å². The number of hydrogen-bond acceptors (Lipinski definition) is 9. The maximum Gasteiger partial charge on any atom is 0.319 e. The van der Waals surface area contributed by atoms with E-state index in [1.807, 2.05) is 0 Å². The summed E-state index contributed by atoms with van der Waals surface area (Å²) < 4.78 is 29.6. The summed E-state index contributed by atoms with van der Waals surface area (Å²) in [6.45, 7) is 0.454. The molecule has 2 aliphatic rings. The first-order chi connectivity index (χ1) is 16.7. The number of nitriles is 1. The van der Waals surface area contributed by atoms with Gasteiger partial charge in [0.25, 0.3) is 5.56 Å². The van der Waals surface area contributed by atoms with Crippen molar-refractivity contribution in [3.8, 4) is 6.07 Å². The predicted octanol–water partition coefficient (Wildman–Crippen LogP) is 2.81. The van der Waals surface area contributed by atoms with Gasteiger partial charge in [0.1, 0.15) is 11.9 Å². The Kier molecular flexibility index (Phi) is 5.78. The number of nitrogens with zero attached hydrogens (tertiary/aromatic N) is 4. The first-order valence-electron chi connectivity index (χ1n) is 11.0. The molecule has 0 spiro atoms. The molecule has 0 saturated carbocycles. The van der Waals surface area contributed by atoms with Gasteiger partial charge in [0.15, 0.2) is 5.82 Å². The first kappa shape index (κ1) is 23.3. The van der Waals surface area contributed by atoms with Crippen molar-refractivity contribution >= 4 is 39.2 Å². The molecule has 4 heterocycles. The number of aromatic nitrogens is 3. The zero-order chi connectivity index (χ0) is 24.8. The van der Waals surface area contributed by atoms with Crippen molar-refractivity contribution < 1.29 is 23.7 Å². The van der Waals surface area contributed by atoms with Crippen molar-refractivity contribution in [3.05, 3.63) is 46.4 Å². The third-order valence-corrected chi connectivity index (χ3v) is 8.37. The van der Waals surface area contributed by atoms with E-state index < -0.39 is 28.8 Å². The van der Waals surface area contributed by atoms with Gasteiger partial charge in [-0.1, -0.05) is 0 Å². The molecule has 0 unspecified atom stereocenters. The maximum atomic E-state index is 12.8. The number of nitrogens with one attached hydrogen (secondary N) is 2. The summed E-state index contributed by atoms with van der Waals surface area (Å²) in [7, 11) is -3.39. The van der Waals surface area contributed by atoms with Gasteiger partial charge in [0.05, 0.1) is 35.0 Å². The Morgan fingerprint density at radius 1 is 1.37 bits per heavy atom. The first-order valence-corrected chi connectivity index (χ1v) is 12.5. The van der Waals surface area contributed by atoms with Crippen LogP contribution >= 0.6 is 10.8 Å². The van der Waals surface area contributed by atoms with Gasteiger partial charge in [-0.25, -0.2) is 0 Å². The van der Waals surface area contributed by atoms with Crippen LogP contribution in [0.4, 0.5) is 11.5 Å². The number of carboxylic acid groups (broad SMARTS) is 1. The molecule has 12 nitrogen and oxygen atoms in total. The molecule has 0 bridgehead atoms. The lowest BCUT2D eigenvalue weighted by molar-refractivity contribution is -0.137. The maximum absolute atomic E-state index is 12.8. The number of rotatable bonds is 6. The molecule has 1 saturated heterocycles. The van der Waals surface area contributed by atoms with Gasteiger partial charge in [-0.3, -0.25) is 23.4 Å². The fourth-order valence-electron chi connectivity index (χ4n) is 4.79. The molecule has 0 radical (unpaired) electrons. The van der Waals surface area contributed by atoms with Gasteiger partial charge < -0.3 is 20.1 Å². The van der Waals surface area contributed by atoms with E-state index in [9.17, 15) is 24.0 Å². The minimum absolute atomic E-state index is 0.0534. The number of anilines is 2. The highest BCUT2D eigenvalue weighted by atomic mass is 32.3. The number of carboxylic acids is 1. The predicted molar refractivity (Wildman–Crippen MR) is 127 cm³/mol. The minimum atomic E-state index is -3.39. The van der Waals surface area contributed by atoms with Crippen molar-refractivity contribution in [2.45, 2.75) is 36.2 Å². The van der Waals surface area contributed by atoms with E-state index in [2.05, 4.69) is 16.4 Å². The molecule has 35 heavy (non-hydrogen) atoms. The van der Waals surface area contributed by atoms with Crippen molar-refractivity contribution in [2.24, 2.45) is 0 Å². The molecule has 0 aliphatic carbocycles. The Labute approximate surface area is 201 Å². The lowest BCUT2D eigenvalue weighted by Gasteiger charge is -2.36. The Morgan fingerprint density at radius 2 is 2.20 bits per heavy atom. The van der Waals surface area contributed by atoms with Crippen molar-refractivity contribution in [1.82, 2.24) is 19.1 Å². The summed E-state index contributed by atoms with van der Waals surface area (Å²) >= 11 is 0. The average Bonchev–Trinajstić information content (AvgIpc) is 3.30. The fraction of sp³-hybridized carbons (Fsp3) is 0.364. The summed E-state index contributed by atoms with van der Waals surface area (Å²) in [6.07, 6.45) is 3.15. The number of pyridine rings is 1. The molecule has 13 heteroatoms. The van der Waals surface area contributed by atoms with Crippen molar-refractivity contribution in [1.29, 1.82) is 5.26 Å². The highest BCUT2D eigenvalue weighted by Crippen LogP contribution is 2.58. The largest absolute Gasteiger partial charge is 0.480 e. The summed E-state index contributed by atoms with van der Waals surface area (Å²) in [4.78, 5) is 26.9. The van der Waals surface area contributed by atoms with E-state index in [1.54, 1.807) is 22.9 Å². The van der Waals surface area contributed by atoms with E-state index in [-0.39, 0.29) is 29.2 Å². The van der Waals surface area contributed by atoms with Crippen LogP contribution < -0.4 is 10.9 Å². The Hall–Kier alpha value is -3.41. The third kappa shape index (κ3) is 3.95. The number of H-pyrrole nitrogens is 1. The Balaban J connectivity index is 1.55. The normalized spacial score (nSPS) is 22.4. The second-order valence-electron chi connectivity index (χ2n) is 8.70. The molecule has 5 rings (SSSR count). The van der Waals surface area contributed by atoms with Gasteiger partial charge in [-0.05, 0) is 42.7 Å². The van der Waals surface area contributed by atoms with Gasteiger partial charge >= 0.3 is 5.97 Å². The van der Waals surface area contributed by atoms with Crippen LogP contribution in [0.1, 0.15) is 24.8 Å². The number of ether oxygens (including phenoxy) is 1. The third-order valence-electron chi connectivity index (χ3n) is 6.40. The molecule has 1 fully saturated rings. The van der Waals surface area contributed by atoms with E-state index in [1.165, 1.54) is 12.3 Å². The van der Waals surface area contributed by atoms with E-state index >= 15 is 0 Å².